The van der Waals surface area contributed by atoms with Crippen LogP contribution in [0.2, 0.25) is 0 Å². The quantitative estimate of drug-likeness (QED) is 0.725. The molecular formula is C11H20O2. The van der Waals surface area contributed by atoms with Crippen LogP contribution in [0.3, 0.4) is 0 Å². The second-order valence-electron chi connectivity index (χ2n) is 4.42. The molecule has 1 fully saturated rings. The fourth-order valence-electron chi connectivity index (χ4n) is 2.14. The van der Waals surface area contributed by atoms with Gasteiger partial charge in [-0.2, -0.15) is 0 Å². The van der Waals surface area contributed by atoms with Gasteiger partial charge in [0.2, 0.25) is 0 Å². The highest BCUT2D eigenvalue weighted by Crippen LogP contribution is 2.29. The van der Waals surface area contributed by atoms with Gasteiger partial charge >= 0.3 is 0 Å². The SMILES string of the molecule is CC(C)C(CO)C(=O)C1CCCC1. The number of hydrogen-bond donors (Lipinski definition) is 1. The van der Waals surface area contributed by atoms with Gasteiger partial charge in [0, 0.05) is 11.8 Å². The lowest BCUT2D eigenvalue weighted by Gasteiger charge is -2.20. The predicted octanol–water partition coefficient (Wildman–Crippen LogP) is 2.01. The van der Waals surface area contributed by atoms with Crippen LogP contribution in [0, 0.1) is 17.8 Å². The monoisotopic (exact) mass is 184 g/mol. The fourth-order valence-corrected chi connectivity index (χ4v) is 2.14. The van der Waals surface area contributed by atoms with Crippen LogP contribution < -0.4 is 0 Å². The number of Topliss-reactive ketones (excluding diaryl/α,β-unsaturated/α-hetero) is 1. The van der Waals surface area contributed by atoms with Crippen molar-refractivity contribution in [2.75, 3.05) is 6.61 Å². The van der Waals surface area contributed by atoms with E-state index in [1.165, 1.54) is 12.8 Å². The van der Waals surface area contributed by atoms with Crippen molar-refractivity contribution < 1.29 is 9.90 Å². The zero-order chi connectivity index (χ0) is 9.84. The molecule has 0 bridgehead atoms. The normalized spacial score (nSPS) is 20.9. The van der Waals surface area contributed by atoms with Crippen molar-refractivity contribution in [2.45, 2.75) is 39.5 Å². The van der Waals surface area contributed by atoms with Crippen LogP contribution in [-0.2, 0) is 4.79 Å². The molecule has 0 spiro atoms. The van der Waals surface area contributed by atoms with Crippen molar-refractivity contribution in [2.24, 2.45) is 17.8 Å². The summed E-state index contributed by atoms with van der Waals surface area (Å²) in [6.45, 7) is 4.04. The van der Waals surface area contributed by atoms with Gasteiger partial charge in [0.05, 0.1) is 6.61 Å². The molecule has 2 heteroatoms. The highest BCUT2D eigenvalue weighted by atomic mass is 16.3. The largest absolute Gasteiger partial charge is 0.396 e. The van der Waals surface area contributed by atoms with E-state index >= 15 is 0 Å². The third-order valence-corrected chi connectivity index (χ3v) is 3.12. The van der Waals surface area contributed by atoms with Crippen molar-refractivity contribution in [1.29, 1.82) is 0 Å². The van der Waals surface area contributed by atoms with E-state index in [1.54, 1.807) is 0 Å². The van der Waals surface area contributed by atoms with E-state index in [-0.39, 0.29) is 24.4 Å². The second-order valence-corrected chi connectivity index (χ2v) is 4.42. The maximum absolute atomic E-state index is 11.9. The molecule has 1 rings (SSSR count). The van der Waals surface area contributed by atoms with E-state index < -0.39 is 0 Å². The summed E-state index contributed by atoms with van der Waals surface area (Å²) < 4.78 is 0. The Morgan fingerprint density at radius 2 is 1.92 bits per heavy atom. The predicted molar refractivity (Wildman–Crippen MR) is 52.4 cm³/mol. The van der Waals surface area contributed by atoms with Crippen LogP contribution in [0.15, 0.2) is 0 Å². The molecule has 0 radical (unpaired) electrons. The van der Waals surface area contributed by atoms with E-state index in [0.717, 1.165) is 12.8 Å². The smallest absolute Gasteiger partial charge is 0.141 e. The van der Waals surface area contributed by atoms with Gasteiger partial charge in [-0.05, 0) is 18.8 Å². The summed E-state index contributed by atoms with van der Waals surface area (Å²) in [6.07, 6.45) is 4.46. The number of aliphatic hydroxyl groups excluding tert-OH is 1. The van der Waals surface area contributed by atoms with Gasteiger partial charge in [0.15, 0.2) is 0 Å². The first-order valence-corrected chi connectivity index (χ1v) is 5.31. The van der Waals surface area contributed by atoms with Crippen LogP contribution in [0.25, 0.3) is 0 Å². The number of carbonyl (C=O) groups is 1. The maximum Gasteiger partial charge on any atom is 0.141 e. The van der Waals surface area contributed by atoms with E-state index in [4.69, 9.17) is 5.11 Å². The minimum atomic E-state index is -0.122. The van der Waals surface area contributed by atoms with Gasteiger partial charge in [-0.3, -0.25) is 4.79 Å². The number of carbonyl (C=O) groups excluding carboxylic acids is 1. The van der Waals surface area contributed by atoms with Crippen molar-refractivity contribution >= 4 is 5.78 Å². The molecule has 0 heterocycles. The molecule has 1 aliphatic carbocycles. The summed E-state index contributed by atoms with van der Waals surface area (Å²) in [5.74, 6) is 0.704. The Bertz CT molecular complexity index is 169. The molecule has 0 saturated heterocycles. The first-order valence-electron chi connectivity index (χ1n) is 5.31. The van der Waals surface area contributed by atoms with Crippen LogP contribution >= 0.6 is 0 Å². The van der Waals surface area contributed by atoms with Crippen LogP contribution in [0.4, 0.5) is 0 Å². The van der Waals surface area contributed by atoms with E-state index in [9.17, 15) is 4.79 Å². The zero-order valence-electron chi connectivity index (χ0n) is 8.62. The molecule has 0 aromatic rings. The molecule has 1 saturated carbocycles. The van der Waals surface area contributed by atoms with E-state index in [2.05, 4.69) is 0 Å². The van der Waals surface area contributed by atoms with Gasteiger partial charge in [0.25, 0.3) is 0 Å². The first-order chi connectivity index (χ1) is 6.16. The summed E-state index contributed by atoms with van der Waals surface area (Å²) >= 11 is 0. The Labute approximate surface area is 80.3 Å². The van der Waals surface area contributed by atoms with Crippen molar-refractivity contribution in [3.05, 3.63) is 0 Å². The van der Waals surface area contributed by atoms with Crippen LogP contribution in [0.1, 0.15) is 39.5 Å². The third kappa shape index (κ3) is 2.53. The number of ketones is 1. The number of hydrogen-bond acceptors (Lipinski definition) is 2. The maximum atomic E-state index is 11.9. The topological polar surface area (TPSA) is 37.3 Å². The molecule has 0 aromatic heterocycles. The van der Waals surface area contributed by atoms with Gasteiger partial charge in [-0.1, -0.05) is 26.7 Å². The Balaban J connectivity index is 2.52. The molecule has 0 aromatic carbocycles. The molecule has 1 N–H and O–H groups in total. The fraction of sp³-hybridized carbons (Fsp3) is 0.909. The van der Waals surface area contributed by atoms with Gasteiger partial charge in [0.1, 0.15) is 5.78 Å². The van der Waals surface area contributed by atoms with Crippen molar-refractivity contribution in [3.63, 3.8) is 0 Å². The van der Waals surface area contributed by atoms with Crippen molar-refractivity contribution in [3.8, 4) is 0 Å². The van der Waals surface area contributed by atoms with Crippen molar-refractivity contribution in [1.82, 2.24) is 0 Å². The second kappa shape index (κ2) is 4.75. The van der Waals surface area contributed by atoms with Crippen LogP contribution in [0.5, 0.6) is 0 Å². The Kier molecular flexibility index (Phi) is 3.91. The van der Waals surface area contributed by atoms with Gasteiger partial charge < -0.3 is 5.11 Å². The lowest BCUT2D eigenvalue weighted by Crippen LogP contribution is -2.28. The summed E-state index contributed by atoms with van der Waals surface area (Å²) in [6, 6.07) is 0. The molecular weight excluding hydrogens is 164 g/mol. The standard InChI is InChI=1S/C11H20O2/c1-8(2)10(7-12)11(13)9-5-3-4-6-9/h8-10,12H,3-7H2,1-2H3. The summed E-state index contributed by atoms with van der Waals surface area (Å²) in [5, 5.41) is 9.11. The zero-order valence-corrected chi connectivity index (χ0v) is 8.62. The highest BCUT2D eigenvalue weighted by molar-refractivity contribution is 5.84. The summed E-state index contributed by atoms with van der Waals surface area (Å²) in [4.78, 5) is 11.9. The summed E-state index contributed by atoms with van der Waals surface area (Å²) in [7, 11) is 0. The Hall–Kier alpha value is -0.370. The average Bonchev–Trinajstić information content (AvgIpc) is 2.56. The van der Waals surface area contributed by atoms with Gasteiger partial charge in [-0.15, -0.1) is 0 Å². The molecule has 0 aliphatic heterocycles. The molecule has 1 atom stereocenters. The van der Waals surface area contributed by atoms with Gasteiger partial charge in [-0.25, -0.2) is 0 Å². The molecule has 0 amide bonds. The van der Waals surface area contributed by atoms with E-state index in [1.807, 2.05) is 13.8 Å². The Morgan fingerprint density at radius 1 is 1.38 bits per heavy atom. The molecule has 2 nitrogen and oxygen atoms in total. The third-order valence-electron chi connectivity index (χ3n) is 3.12. The molecule has 1 aliphatic rings. The molecule has 13 heavy (non-hydrogen) atoms. The first kappa shape index (κ1) is 10.7. The number of aliphatic hydroxyl groups is 1. The lowest BCUT2D eigenvalue weighted by molar-refractivity contribution is -0.129. The highest BCUT2D eigenvalue weighted by Gasteiger charge is 2.30. The minimum Gasteiger partial charge on any atom is -0.396 e. The molecule has 1 unspecified atom stereocenters. The van der Waals surface area contributed by atoms with E-state index in [0.29, 0.717) is 5.78 Å². The number of rotatable bonds is 4. The minimum absolute atomic E-state index is 0.0208. The summed E-state index contributed by atoms with van der Waals surface area (Å²) in [5.41, 5.74) is 0. The Morgan fingerprint density at radius 3 is 2.31 bits per heavy atom. The molecule has 76 valence electrons. The van der Waals surface area contributed by atoms with Crippen LogP contribution in [-0.4, -0.2) is 17.5 Å². The lowest BCUT2D eigenvalue weighted by atomic mass is 9.85. The average molecular weight is 184 g/mol.